The fraction of sp³-hybridized carbons (Fsp3) is 0.688. The molecule has 21 nitrogen and oxygen atoms in total. The molecule has 3 amide bonds. The van der Waals surface area contributed by atoms with Crippen molar-refractivity contribution in [1.82, 2.24) is 29.9 Å². The summed E-state index contributed by atoms with van der Waals surface area (Å²) < 4.78 is 249. The summed E-state index contributed by atoms with van der Waals surface area (Å²) in [5.41, 5.74) is 10.4. The highest BCUT2D eigenvalue weighted by Crippen LogP contribution is 2.28. The van der Waals surface area contributed by atoms with E-state index in [2.05, 4.69) is 60.8 Å². The monoisotopic (exact) mass is 995 g/mol. The highest BCUT2D eigenvalue weighted by atomic mass is 16.3. The van der Waals surface area contributed by atoms with Gasteiger partial charge in [0.15, 0.2) is 0 Å². The molecule has 15 N–H and O–H groups in total. The molecule has 3 aromatic heterocycles. The molecule has 9 unspecified atom stereocenters. The molecule has 0 aromatic carbocycles. The zero-order chi connectivity index (χ0) is 78.9. The van der Waals surface area contributed by atoms with Gasteiger partial charge in [-0.05, 0) is 137 Å². The minimum Gasteiger partial charge on any atom is -0.393 e. The quantitative estimate of drug-likeness (QED) is 0.147. The topological polar surface area (TPSA) is 349 Å². The van der Waals surface area contributed by atoms with E-state index in [1.165, 1.54) is 0 Å². The van der Waals surface area contributed by atoms with Crippen molar-refractivity contribution >= 4 is 35.6 Å². The summed E-state index contributed by atoms with van der Waals surface area (Å²) in [5.74, 6) is -12.5. The third-order valence-corrected chi connectivity index (χ3v) is 8.28. The summed E-state index contributed by atoms with van der Waals surface area (Å²) in [6.07, 6.45) is -38.5. The Morgan fingerprint density at radius 2 is 1.07 bits per heavy atom. The molecule has 3 aliphatic carbocycles. The number of amides is 3. The van der Waals surface area contributed by atoms with Gasteiger partial charge in [-0.25, -0.2) is 15.0 Å². The summed E-state index contributed by atoms with van der Waals surface area (Å²) in [6, 6.07) is -7.82. The fourth-order valence-electron chi connectivity index (χ4n) is 5.38. The first-order valence-electron chi connectivity index (χ1n) is 36.2. The molecule has 0 aliphatic heterocycles. The molecule has 9 atom stereocenters. The van der Waals surface area contributed by atoms with Gasteiger partial charge in [0, 0.05) is 68.0 Å². The number of primary amides is 3. The second kappa shape index (κ2) is 23.8. The van der Waals surface area contributed by atoms with Gasteiger partial charge in [0.1, 0.15) is 16.5 Å². The van der Waals surface area contributed by atoms with Crippen LogP contribution in [0.3, 0.4) is 0 Å². The molecular weight excluding hydrogens is 883 g/mol. The summed E-state index contributed by atoms with van der Waals surface area (Å²) >= 11 is 0. The van der Waals surface area contributed by atoms with Crippen molar-refractivity contribution < 1.29 is 72.2 Å². The van der Waals surface area contributed by atoms with Gasteiger partial charge < -0.3 is 63.4 Å². The number of carbonyl (C=O) groups is 3. The lowest BCUT2D eigenvalue weighted by Gasteiger charge is -2.28. The van der Waals surface area contributed by atoms with E-state index in [1.54, 1.807) is 62.3 Å². The lowest BCUT2D eigenvalue weighted by Crippen LogP contribution is -2.34. The van der Waals surface area contributed by atoms with E-state index < -0.39 is 218 Å². The zero-order valence-corrected chi connectivity index (χ0v) is 39.2. The molecule has 0 spiro atoms. The number of anilines is 3. The van der Waals surface area contributed by atoms with Gasteiger partial charge in [0.2, 0.25) is 17.8 Å². The average molecular weight is 995 g/mol. The Balaban J connectivity index is 0.000000319. The van der Waals surface area contributed by atoms with Gasteiger partial charge in [0.25, 0.3) is 17.7 Å². The second-order valence-corrected chi connectivity index (χ2v) is 18.1. The van der Waals surface area contributed by atoms with Crippen molar-refractivity contribution in [2.75, 3.05) is 16.0 Å². The third kappa shape index (κ3) is 18.3. The predicted octanol–water partition coefficient (Wildman–Crippen LogP) is 3.51. The van der Waals surface area contributed by atoms with Crippen LogP contribution < -0.4 is 49.6 Å². The summed E-state index contributed by atoms with van der Waals surface area (Å²) in [5, 5.41) is 40.4. The van der Waals surface area contributed by atoms with Gasteiger partial charge in [-0.3, -0.25) is 29.4 Å². The number of aliphatic hydroxyl groups is 3. The molecule has 21 heteroatoms. The second-order valence-electron chi connectivity index (χ2n) is 18.1. The van der Waals surface area contributed by atoms with Crippen molar-refractivity contribution in [3.05, 3.63) is 51.7 Å². The minimum absolute atomic E-state index is 0.00728. The van der Waals surface area contributed by atoms with Crippen molar-refractivity contribution in [1.29, 1.82) is 0 Å². The summed E-state index contributed by atoms with van der Waals surface area (Å²) in [6.45, 7) is 5.58. The normalized spacial score (nSPS) is 43.7. The van der Waals surface area contributed by atoms with E-state index in [0.717, 1.165) is 0 Å². The van der Waals surface area contributed by atoms with Crippen molar-refractivity contribution in [2.24, 2.45) is 49.9 Å². The lowest BCUT2D eigenvalue weighted by molar-refractivity contribution is 0.0702. The van der Waals surface area contributed by atoms with Crippen molar-refractivity contribution in [3.8, 4) is 0 Å². The van der Waals surface area contributed by atoms with E-state index >= 15 is 0 Å². The highest BCUT2D eigenvalue weighted by Gasteiger charge is 2.28. The Morgan fingerprint density at radius 1 is 0.623 bits per heavy atom. The number of carbonyl (C=O) groups excluding carboxylic acids is 3. The maximum Gasteiger partial charge on any atom is 0.254 e. The number of aromatic amines is 3. The van der Waals surface area contributed by atoms with Crippen LogP contribution in [0.15, 0.2) is 33.5 Å². The number of nitrogens with one attached hydrogen (secondary N) is 6. The molecule has 69 heavy (non-hydrogen) atoms. The Kier molecular flexibility index (Phi) is 8.94. The smallest absolute Gasteiger partial charge is 0.254 e. The van der Waals surface area contributed by atoms with Crippen LogP contribution in [0, 0.1) is 17.7 Å². The van der Waals surface area contributed by atoms with Crippen LogP contribution in [0.2, 0.25) is 0 Å². The fourth-order valence-corrected chi connectivity index (χ4v) is 5.38. The molecule has 0 bridgehead atoms. The molecule has 384 valence electrons. The van der Waals surface area contributed by atoms with Crippen LogP contribution in [0.4, 0.5) is 17.8 Å². The number of hydrogen-bond donors (Lipinski definition) is 12. The lowest BCUT2D eigenvalue weighted by atomic mass is 9.85. The molecule has 0 radical (unpaired) electrons. The Labute approximate surface area is 449 Å². The van der Waals surface area contributed by atoms with Gasteiger partial charge in [-0.2, -0.15) is 0 Å². The van der Waals surface area contributed by atoms with E-state index in [9.17, 15) is 29.7 Å². The Bertz CT molecular complexity index is 3810. The summed E-state index contributed by atoms with van der Waals surface area (Å²) in [4.78, 5) is 66.5. The van der Waals surface area contributed by atoms with E-state index in [0.29, 0.717) is 0 Å². The molecule has 3 saturated carbocycles. The molecule has 3 fully saturated rings. The molecular formula is C48H81N15O6. The highest BCUT2D eigenvalue weighted by molar-refractivity contribution is 5.93. The maximum absolute atomic E-state index is 12.0. The summed E-state index contributed by atoms with van der Waals surface area (Å²) in [7, 11) is 0. The Hall–Kier alpha value is -5.67. The number of rotatable bonds is 9. The van der Waals surface area contributed by atoms with Crippen LogP contribution in [0.1, 0.15) is 214 Å². The minimum atomic E-state index is -4.29. The SMILES string of the molecule is [2H]c1nc(NC(C)(C)C)[nH]c(=NC2([2H])C([2H])([2H])C([2H])([2H])C([2H])(C([2H])([2H])[2H])C([2H])(O)C2([2H])[2H])c1C(N)=O.[2H]c1nc(NC(C)(C)C)[nH]c(=NC2C([2H])([2H])CC(C([2H])([2H])[2H])C([2H])(O)C2([2H])[2H])c1C(N)=O.[2H]c1nc(NC(C)(C)C)[nH]c(=NC2CC([2H])(O)C(C([2H])([2H])[2H])C([2H])([2H])C2([2H])[2H])c1C(N)=O. The molecule has 6 rings (SSSR count). The average Bonchev–Trinajstić information content (AvgIpc) is 0.651. The first kappa shape index (κ1) is 26.0. The molecule has 3 aromatic rings. The van der Waals surface area contributed by atoms with Crippen LogP contribution in [-0.4, -0.2) is 116 Å². The first-order chi connectivity index (χ1) is 43.9. The van der Waals surface area contributed by atoms with Crippen LogP contribution in [0.5, 0.6) is 0 Å². The van der Waals surface area contributed by atoms with E-state index in [4.69, 9.17) is 59.7 Å². The van der Waals surface area contributed by atoms with Gasteiger partial charge in [0.05, 0.1) is 62.6 Å². The molecule has 3 heterocycles. The molecule has 3 aliphatic rings. The maximum atomic E-state index is 12.0. The Morgan fingerprint density at radius 3 is 1.49 bits per heavy atom. The van der Waals surface area contributed by atoms with E-state index in [1.807, 2.05) is 0 Å². The van der Waals surface area contributed by atoms with Gasteiger partial charge in [-0.15, -0.1) is 0 Å². The number of aromatic nitrogens is 6. The number of nitrogens with two attached hydrogens (primary N) is 3. The number of nitrogens with zero attached hydrogens (tertiary/aromatic N) is 6. The zero-order valence-electron chi connectivity index (χ0n) is 70.2. The van der Waals surface area contributed by atoms with E-state index in [-0.39, 0.29) is 17.8 Å². The standard InChI is InChI=1S/3C16H27N5O2/c3*1-9-5-6-10(7-12(9)22)19-14-11(13(17)23)8-18-15(20-14)21-16(2,3)4/h3*8-10,12,22H,5-7H2,1-4H3,(H2,17,23)(H2,18,19,20,21)/i1D3,5D2,6D2,7D2,8D,9D,10D,12D;1D3,6D2,7D2,8D,12D;1D3,5D2,6D2,8D,12D. The van der Waals surface area contributed by atoms with Gasteiger partial charge >= 0.3 is 0 Å². The van der Waals surface area contributed by atoms with Crippen molar-refractivity contribution in [3.63, 3.8) is 0 Å². The van der Waals surface area contributed by atoms with Crippen LogP contribution >= 0.6 is 0 Å². The van der Waals surface area contributed by atoms with Crippen molar-refractivity contribution in [2.45, 2.75) is 193 Å². The first-order valence-corrected chi connectivity index (χ1v) is 20.7. The number of H-pyrrole nitrogens is 3. The predicted molar refractivity (Wildman–Crippen MR) is 267 cm³/mol. The van der Waals surface area contributed by atoms with Crippen LogP contribution in [-0.2, 0) is 0 Å². The third-order valence-electron chi connectivity index (χ3n) is 8.28. The largest absolute Gasteiger partial charge is 0.393 e. The van der Waals surface area contributed by atoms with Gasteiger partial charge in [-0.1, -0.05) is 20.6 Å². The van der Waals surface area contributed by atoms with Crippen LogP contribution in [0.25, 0.3) is 0 Å². The number of hydrogen-bond acceptors (Lipinski definition) is 15. The molecule has 0 saturated heterocycles.